The van der Waals surface area contributed by atoms with Crippen LogP contribution in [-0.4, -0.2) is 9.38 Å². The van der Waals surface area contributed by atoms with Crippen LogP contribution < -0.4 is 0 Å². The summed E-state index contributed by atoms with van der Waals surface area (Å²) in [6.45, 7) is 6.77. The molecule has 3 rings (SSSR count). The van der Waals surface area contributed by atoms with Crippen molar-refractivity contribution in [1.82, 2.24) is 9.38 Å². The van der Waals surface area contributed by atoms with E-state index in [0.717, 1.165) is 11.6 Å². The Hall–Kier alpha value is -1.31. The largest absolute Gasteiger partial charge is 0.304 e. The lowest BCUT2D eigenvalue weighted by Gasteiger charge is -2.24. The first-order valence-corrected chi connectivity index (χ1v) is 6.14. The maximum absolute atomic E-state index is 4.81. The van der Waals surface area contributed by atoms with E-state index in [1.165, 1.54) is 29.8 Å². The van der Waals surface area contributed by atoms with Gasteiger partial charge in [-0.25, -0.2) is 4.98 Å². The fourth-order valence-corrected chi connectivity index (χ4v) is 2.71. The molecule has 0 fully saturated rings. The van der Waals surface area contributed by atoms with E-state index in [-0.39, 0.29) is 0 Å². The van der Waals surface area contributed by atoms with Gasteiger partial charge in [0.15, 0.2) is 0 Å². The van der Waals surface area contributed by atoms with Crippen LogP contribution in [0.1, 0.15) is 43.1 Å². The van der Waals surface area contributed by atoms with Gasteiger partial charge >= 0.3 is 0 Å². The Labute approximate surface area is 96.3 Å². The summed E-state index contributed by atoms with van der Waals surface area (Å²) in [5.74, 6) is 1.36. The summed E-state index contributed by atoms with van der Waals surface area (Å²) in [6.07, 6.45) is 4.63. The maximum Gasteiger partial charge on any atom is 0.137 e. The minimum atomic E-state index is 0.601. The molecule has 2 aromatic rings. The van der Waals surface area contributed by atoms with E-state index in [1.54, 1.807) is 0 Å². The van der Waals surface area contributed by atoms with Crippen molar-refractivity contribution >= 4 is 5.65 Å². The van der Waals surface area contributed by atoms with Crippen LogP contribution in [0.5, 0.6) is 0 Å². The molecule has 2 atom stereocenters. The number of rotatable bonds is 0. The quantitative estimate of drug-likeness (QED) is 0.657. The summed E-state index contributed by atoms with van der Waals surface area (Å²) >= 11 is 0. The molecule has 1 aliphatic rings. The zero-order valence-electron chi connectivity index (χ0n) is 10.2. The summed E-state index contributed by atoms with van der Waals surface area (Å²) in [6, 6.07) is 4.34. The number of pyridine rings is 1. The molecule has 0 amide bonds. The van der Waals surface area contributed by atoms with Gasteiger partial charge in [-0.15, -0.1) is 0 Å². The highest BCUT2D eigenvalue weighted by Gasteiger charge is 2.27. The maximum atomic E-state index is 4.81. The summed E-state index contributed by atoms with van der Waals surface area (Å²) in [4.78, 5) is 4.81. The molecule has 0 saturated heterocycles. The summed E-state index contributed by atoms with van der Waals surface area (Å²) in [5, 5.41) is 0. The first-order valence-electron chi connectivity index (χ1n) is 6.14. The second-order valence-corrected chi connectivity index (χ2v) is 5.18. The lowest BCUT2D eigenvalue weighted by atomic mass is 9.82. The van der Waals surface area contributed by atoms with Gasteiger partial charge in [-0.1, -0.05) is 13.8 Å². The zero-order valence-corrected chi connectivity index (χ0v) is 10.2. The molecule has 2 unspecified atom stereocenters. The smallest absolute Gasteiger partial charge is 0.137 e. The lowest BCUT2D eigenvalue weighted by Crippen LogP contribution is -2.16. The highest BCUT2D eigenvalue weighted by atomic mass is 15.0. The normalized spacial score (nSPS) is 24.7. The number of fused-ring (bicyclic) bond motifs is 3. The van der Waals surface area contributed by atoms with E-state index in [0.29, 0.717) is 5.92 Å². The molecule has 0 aliphatic heterocycles. The molecule has 2 heteroatoms. The molecule has 2 nitrogen and oxygen atoms in total. The number of aromatic nitrogens is 2. The van der Waals surface area contributed by atoms with Gasteiger partial charge in [-0.05, 0) is 43.4 Å². The van der Waals surface area contributed by atoms with Gasteiger partial charge in [0.1, 0.15) is 5.65 Å². The number of hydrogen-bond donors (Lipinski definition) is 0. The van der Waals surface area contributed by atoms with E-state index >= 15 is 0 Å². The van der Waals surface area contributed by atoms with Gasteiger partial charge in [0, 0.05) is 17.8 Å². The molecular formula is C14H18N2. The van der Waals surface area contributed by atoms with Crippen LogP contribution in [0.25, 0.3) is 5.65 Å². The number of imidazole rings is 1. The van der Waals surface area contributed by atoms with Gasteiger partial charge in [-0.3, -0.25) is 0 Å². The Balaban J connectivity index is 2.25. The lowest BCUT2D eigenvalue weighted by molar-refractivity contribution is 0.415. The highest BCUT2D eigenvalue weighted by molar-refractivity contribution is 5.47. The fourth-order valence-electron chi connectivity index (χ4n) is 2.71. The van der Waals surface area contributed by atoms with Crippen LogP contribution in [-0.2, 0) is 6.42 Å². The van der Waals surface area contributed by atoms with Crippen LogP contribution >= 0.6 is 0 Å². The Bertz CT molecular complexity index is 539. The first kappa shape index (κ1) is 9.88. The molecule has 0 saturated carbocycles. The van der Waals surface area contributed by atoms with Crippen molar-refractivity contribution in [2.24, 2.45) is 5.92 Å². The predicted octanol–water partition coefficient (Wildman–Crippen LogP) is 3.33. The third kappa shape index (κ3) is 1.29. The van der Waals surface area contributed by atoms with E-state index < -0.39 is 0 Å². The zero-order chi connectivity index (χ0) is 11.3. The molecule has 0 aromatic carbocycles. The van der Waals surface area contributed by atoms with Crippen LogP contribution in [0.2, 0.25) is 0 Å². The van der Waals surface area contributed by atoms with Crippen LogP contribution in [0.4, 0.5) is 0 Å². The molecule has 0 N–H and O–H groups in total. The van der Waals surface area contributed by atoms with E-state index in [4.69, 9.17) is 4.98 Å². The van der Waals surface area contributed by atoms with Crippen molar-refractivity contribution in [3.63, 3.8) is 0 Å². The predicted molar refractivity (Wildman–Crippen MR) is 65.8 cm³/mol. The van der Waals surface area contributed by atoms with Gasteiger partial charge < -0.3 is 4.40 Å². The van der Waals surface area contributed by atoms with Crippen molar-refractivity contribution in [3.05, 3.63) is 35.3 Å². The van der Waals surface area contributed by atoms with E-state index in [9.17, 15) is 0 Å². The number of hydrogen-bond acceptors (Lipinski definition) is 1. The Morgan fingerprint density at radius 1 is 1.38 bits per heavy atom. The van der Waals surface area contributed by atoms with E-state index in [1.807, 2.05) is 0 Å². The van der Waals surface area contributed by atoms with Crippen molar-refractivity contribution in [2.75, 3.05) is 0 Å². The molecule has 0 bridgehead atoms. The van der Waals surface area contributed by atoms with Gasteiger partial charge in [0.25, 0.3) is 0 Å². The van der Waals surface area contributed by atoms with Gasteiger partial charge in [-0.2, -0.15) is 0 Å². The Kier molecular flexibility index (Phi) is 2.06. The van der Waals surface area contributed by atoms with Crippen LogP contribution in [0.3, 0.4) is 0 Å². The number of nitrogens with zero attached hydrogens (tertiary/aromatic N) is 2. The molecule has 16 heavy (non-hydrogen) atoms. The second-order valence-electron chi connectivity index (χ2n) is 5.18. The Morgan fingerprint density at radius 3 is 3.00 bits per heavy atom. The van der Waals surface area contributed by atoms with Gasteiger partial charge in [0.05, 0.1) is 5.69 Å². The Morgan fingerprint density at radius 2 is 2.19 bits per heavy atom. The highest BCUT2D eigenvalue weighted by Crippen LogP contribution is 2.35. The molecular weight excluding hydrogens is 196 g/mol. The fraction of sp³-hybridized carbons (Fsp3) is 0.500. The minimum Gasteiger partial charge on any atom is -0.304 e. The topological polar surface area (TPSA) is 17.3 Å². The third-order valence-electron chi connectivity index (χ3n) is 4.03. The molecule has 84 valence electrons. The molecule has 0 spiro atoms. The second kappa shape index (κ2) is 3.34. The average Bonchev–Trinajstić information content (AvgIpc) is 2.62. The van der Waals surface area contributed by atoms with Crippen LogP contribution in [0.15, 0.2) is 18.3 Å². The average molecular weight is 214 g/mol. The van der Waals surface area contributed by atoms with Crippen molar-refractivity contribution in [3.8, 4) is 0 Å². The summed E-state index contributed by atoms with van der Waals surface area (Å²) in [5.41, 5.74) is 5.16. The molecule has 2 aromatic heterocycles. The van der Waals surface area contributed by atoms with Crippen molar-refractivity contribution in [1.29, 1.82) is 0 Å². The number of aryl methyl sites for hydroxylation is 2. The first-order chi connectivity index (χ1) is 7.66. The van der Waals surface area contributed by atoms with Crippen molar-refractivity contribution in [2.45, 2.75) is 39.5 Å². The monoisotopic (exact) mass is 214 g/mol. The standard InChI is InChI=1S/C14H18N2/c1-9-6-7-16-12-5-4-10(2)11(3)14(12)15-13(16)8-9/h6-8,10-11H,4-5H2,1-3H3. The summed E-state index contributed by atoms with van der Waals surface area (Å²) < 4.78 is 2.27. The van der Waals surface area contributed by atoms with Gasteiger partial charge in [0.2, 0.25) is 0 Å². The summed E-state index contributed by atoms with van der Waals surface area (Å²) in [7, 11) is 0. The van der Waals surface area contributed by atoms with E-state index in [2.05, 4.69) is 43.5 Å². The molecule has 0 radical (unpaired) electrons. The SMILES string of the molecule is Cc1ccn2c3c(nc2c1)C(C)C(C)CC3. The molecule has 1 aliphatic carbocycles. The van der Waals surface area contributed by atoms with Crippen molar-refractivity contribution < 1.29 is 0 Å². The third-order valence-corrected chi connectivity index (χ3v) is 4.03. The van der Waals surface area contributed by atoms with Crippen LogP contribution in [0, 0.1) is 12.8 Å². The molecule has 2 heterocycles. The minimum absolute atomic E-state index is 0.601.